The summed E-state index contributed by atoms with van der Waals surface area (Å²) < 4.78 is 26.8. The van der Waals surface area contributed by atoms with Crippen LogP contribution in [0.2, 0.25) is 0 Å². The number of carbonyl (C=O) groups excluding carboxylic acids is 1. The number of benzene rings is 1. The number of rotatable bonds is 6. The minimum Gasteiger partial charge on any atom is -0.339 e. The van der Waals surface area contributed by atoms with Crippen molar-refractivity contribution in [3.05, 3.63) is 29.8 Å². The second-order valence-electron chi connectivity index (χ2n) is 5.71. The predicted molar refractivity (Wildman–Crippen MR) is 89.7 cm³/mol. The summed E-state index contributed by atoms with van der Waals surface area (Å²) in [6.45, 7) is 3.94. The molecule has 1 amide bonds. The van der Waals surface area contributed by atoms with Crippen molar-refractivity contribution in [1.29, 1.82) is 0 Å². The van der Waals surface area contributed by atoms with Crippen molar-refractivity contribution in [2.24, 2.45) is 0 Å². The van der Waals surface area contributed by atoms with E-state index in [-0.39, 0.29) is 12.5 Å². The van der Waals surface area contributed by atoms with Gasteiger partial charge in [0.15, 0.2) is 0 Å². The molecule has 0 aliphatic carbocycles. The summed E-state index contributed by atoms with van der Waals surface area (Å²) >= 11 is 0. The van der Waals surface area contributed by atoms with Gasteiger partial charge in [-0.25, -0.2) is 8.42 Å². The molecule has 1 aliphatic heterocycles. The molecule has 128 valence electrons. The van der Waals surface area contributed by atoms with E-state index in [1.807, 2.05) is 12.1 Å². The molecule has 7 heteroatoms. The molecule has 0 spiro atoms. The SMILES string of the molecule is CCCc1ccc(S(=O)(=O)N2CCN(C(=O)CNC)CC2)cc1. The van der Waals surface area contributed by atoms with E-state index in [1.54, 1.807) is 24.1 Å². The first-order valence-electron chi connectivity index (χ1n) is 8.00. The van der Waals surface area contributed by atoms with Crippen molar-refractivity contribution in [1.82, 2.24) is 14.5 Å². The Balaban J connectivity index is 2.02. The van der Waals surface area contributed by atoms with Crippen molar-refractivity contribution in [2.45, 2.75) is 24.7 Å². The lowest BCUT2D eigenvalue weighted by molar-refractivity contribution is -0.131. The molecule has 6 nitrogen and oxygen atoms in total. The summed E-state index contributed by atoms with van der Waals surface area (Å²) in [4.78, 5) is 13.8. The Kier molecular flexibility index (Phi) is 6.15. The minimum atomic E-state index is -3.48. The van der Waals surface area contributed by atoms with Crippen molar-refractivity contribution >= 4 is 15.9 Å². The molecular formula is C16H25N3O3S. The molecule has 1 fully saturated rings. The molecule has 1 aliphatic rings. The number of carbonyl (C=O) groups is 1. The van der Waals surface area contributed by atoms with Gasteiger partial charge in [0, 0.05) is 26.2 Å². The van der Waals surface area contributed by atoms with E-state index in [9.17, 15) is 13.2 Å². The van der Waals surface area contributed by atoms with Crippen LogP contribution < -0.4 is 5.32 Å². The monoisotopic (exact) mass is 339 g/mol. The van der Waals surface area contributed by atoms with E-state index in [4.69, 9.17) is 0 Å². The van der Waals surface area contributed by atoms with Crippen LogP contribution in [0.5, 0.6) is 0 Å². The average molecular weight is 339 g/mol. The van der Waals surface area contributed by atoms with Crippen LogP contribution in [0.3, 0.4) is 0 Å². The van der Waals surface area contributed by atoms with Gasteiger partial charge in [0.1, 0.15) is 0 Å². The van der Waals surface area contributed by atoms with Crippen molar-refractivity contribution in [3.63, 3.8) is 0 Å². The van der Waals surface area contributed by atoms with E-state index < -0.39 is 10.0 Å². The Morgan fingerprint density at radius 1 is 1.13 bits per heavy atom. The second-order valence-corrected chi connectivity index (χ2v) is 7.65. The molecule has 1 saturated heterocycles. The van der Waals surface area contributed by atoms with E-state index in [0.29, 0.717) is 31.1 Å². The van der Waals surface area contributed by atoms with Crippen LogP contribution in [0.1, 0.15) is 18.9 Å². The molecule has 0 aromatic heterocycles. The topological polar surface area (TPSA) is 69.7 Å². The van der Waals surface area contributed by atoms with Gasteiger partial charge in [-0.1, -0.05) is 25.5 Å². The third-order valence-electron chi connectivity index (χ3n) is 4.02. The summed E-state index contributed by atoms with van der Waals surface area (Å²) in [6, 6.07) is 7.11. The van der Waals surface area contributed by atoms with Gasteiger partial charge in [-0.2, -0.15) is 4.31 Å². The first kappa shape index (κ1) is 17.9. The molecule has 1 heterocycles. The lowest BCUT2D eigenvalue weighted by atomic mass is 10.1. The average Bonchev–Trinajstić information content (AvgIpc) is 2.56. The van der Waals surface area contributed by atoms with Crippen LogP contribution in [0.15, 0.2) is 29.2 Å². The fourth-order valence-corrected chi connectivity index (χ4v) is 4.13. The van der Waals surface area contributed by atoms with Crippen LogP contribution in [0.4, 0.5) is 0 Å². The highest BCUT2D eigenvalue weighted by molar-refractivity contribution is 7.89. The lowest BCUT2D eigenvalue weighted by Gasteiger charge is -2.34. The molecule has 0 saturated carbocycles. The largest absolute Gasteiger partial charge is 0.339 e. The van der Waals surface area contributed by atoms with Crippen LogP contribution in [0, 0.1) is 0 Å². The summed E-state index contributed by atoms with van der Waals surface area (Å²) in [5.74, 6) is 0.00784. The van der Waals surface area contributed by atoms with Crippen LogP contribution in [-0.4, -0.2) is 63.3 Å². The molecule has 2 rings (SSSR count). The highest BCUT2D eigenvalue weighted by atomic mass is 32.2. The lowest BCUT2D eigenvalue weighted by Crippen LogP contribution is -2.52. The maximum Gasteiger partial charge on any atom is 0.243 e. The summed E-state index contributed by atoms with van der Waals surface area (Å²) in [6.07, 6.45) is 1.99. The molecule has 23 heavy (non-hydrogen) atoms. The molecule has 1 N–H and O–H groups in total. The summed E-state index contributed by atoms with van der Waals surface area (Å²) in [7, 11) is -1.75. The zero-order valence-electron chi connectivity index (χ0n) is 13.8. The fraction of sp³-hybridized carbons (Fsp3) is 0.562. The normalized spacial score (nSPS) is 16.5. The van der Waals surface area contributed by atoms with Gasteiger partial charge in [0.25, 0.3) is 0 Å². The van der Waals surface area contributed by atoms with Crippen LogP contribution in [-0.2, 0) is 21.2 Å². The summed E-state index contributed by atoms with van der Waals surface area (Å²) in [5, 5.41) is 2.82. The number of hydrogen-bond acceptors (Lipinski definition) is 4. The Morgan fingerprint density at radius 2 is 1.74 bits per heavy atom. The molecule has 0 radical (unpaired) electrons. The standard InChI is InChI=1S/C16H25N3O3S/c1-3-4-14-5-7-15(8-6-14)23(21,22)19-11-9-18(10-12-19)16(20)13-17-2/h5-8,17H,3-4,9-13H2,1-2H3. The summed E-state index contributed by atoms with van der Waals surface area (Å²) in [5.41, 5.74) is 1.15. The third-order valence-corrected chi connectivity index (χ3v) is 5.93. The number of hydrogen-bond donors (Lipinski definition) is 1. The molecule has 0 unspecified atom stereocenters. The second kappa shape index (κ2) is 7.90. The Morgan fingerprint density at radius 3 is 2.26 bits per heavy atom. The predicted octanol–water partition coefficient (Wildman–Crippen LogP) is 0.691. The van der Waals surface area contributed by atoms with Gasteiger partial charge in [-0.15, -0.1) is 0 Å². The van der Waals surface area contributed by atoms with Gasteiger partial charge in [0.2, 0.25) is 15.9 Å². The Hall–Kier alpha value is -1.44. The van der Waals surface area contributed by atoms with E-state index >= 15 is 0 Å². The highest BCUT2D eigenvalue weighted by Crippen LogP contribution is 2.18. The van der Waals surface area contributed by atoms with Gasteiger partial charge < -0.3 is 10.2 Å². The minimum absolute atomic E-state index is 0.00784. The van der Waals surface area contributed by atoms with Gasteiger partial charge in [-0.3, -0.25) is 4.79 Å². The Labute approximate surface area is 138 Å². The first-order chi connectivity index (χ1) is 11.0. The van der Waals surface area contributed by atoms with Gasteiger partial charge in [-0.05, 0) is 31.2 Å². The van der Waals surface area contributed by atoms with E-state index in [0.717, 1.165) is 18.4 Å². The number of piperazine rings is 1. The highest BCUT2D eigenvalue weighted by Gasteiger charge is 2.29. The number of nitrogens with one attached hydrogen (secondary N) is 1. The quantitative estimate of drug-likeness (QED) is 0.828. The van der Waals surface area contributed by atoms with Crippen LogP contribution >= 0.6 is 0 Å². The third kappa shape index (κ3) is 4.31. The smallest absolute Gasteiger partial charge is 0.243 e. The zero-order valence-corrected chi connectivity index (χ0v) is 14.6. The molecule has 0 bridgehead atoms. The fourth-order valence-electron chi connectivity index (χ4n) is 2.71. The molecule has 1 aromatic carbocycles. The van der Waals surface area contributed by atoms with E-state index in [1.165, 1.54) is 4.31 Å². The number of likely N-dealkylation sites (N-methyl/N-ethyl adjacent to an activating group) is 1. The Bertz CT molecular complexity index is 620. The number of nitrogens with zero attached hydrogens (tertiary/aromatic N) is 2. The van der Waals surface area contributed by atoms with Crippen molar-refractivity contribution < 1.29 is 13.2 Å². The maximum absolute atomic E-state index is 12.7. The molecule has 0 atom stereocenters. The van der Waals surface area contributed by atoms with Crippen molar-refractivity contribution in [3.8, 4) is 0 Å². The van der Waals surface area contributed by atoms with Gasteiger partial charge >= 0.3 is 0 Å². The number of amides is 1. The zero-order chi connectivity index (χ0) is 16.9. The van der Waals surface area contributed by atoms with Crippen molar-refractivity contribution in [2.75, 3.05) is 39.8 Å². The first-order valence-corrected chi connectivity index (χ1v) is 9.44. The molecule has 1 aromatic rings. The van der Waals surface area contributed by atoms with Crippen LogP contribution in [0.25, 0.3) is 0 Å². The van der Waals surface area contributed by atoms with E-state index in [2.05, 4.69) is 12.2 Å². The molecular weight excluding hydrogens is 314 g/mol. The number of aryl methyl sites for hydroxylation is 1. The number of sulfonamides is 1. The maximum atomic E-state index is 12.7. The van der Waals surface area contributed by atoms with Gasteiger partial charge in [0.05, 0.1) is 11.4 Å².